The van der Waals surface area contributed by atoms with Gasteiger partial charge in [0, 0.05) is 6.54 Å². The fourth-order valence-corrected chi connectivity index (χ4v) is 1.75. The van der Waals surface area contributed by atoms with Crippen LogP contribution in [0, 0.1) is 6.92 Å². The maximum atomic E-state index is 10.8. The van der Waals surface area contributed by atoms with Crippen LogP contribution >= 0.6 is 0 Å². The Morgan fingerprint density at radius 3 is 2.90 bits per heavy atom. The van der Waals surface area contributed by atoms with Gasteiger partial charge in [-0.2, -0.15) is 0 Å². The number of aromatic carboxylic acids is 1. The zero-order valence-corrected chi connectivity index (χ0v) is 11.3. The van der Waals surface area contributed by atoms with Crippen LogP contribution in [0.3, 0.4) is 0 Å². The molecule has 0 fully saturated rings. The Labute approximate surface area is 117 Å². The molecular weight excluding hydrogens is 258 g/mol. The summed E-state index contributed by atoms with van der Waals surface area (Å²) in [6, 6.07) is 10.3. The number of ether oxygens (including phenoxy) is 1. The number of carbonyl (C=O) groups is 1. The molecule has 0 radical (unpaired) electrons. The first kappa shape index (κ1) is 14.1. The first-order chi connectivity index (χ1) is 9.65. The minimum Gasteiger partial charge on any atom is -0.492 e. The molecule has 0 unspecified atom stereocenters. The third-order valence-electron chi connectivity index (χ3n) is 2.72. The number of hydrogen-bond acceptors (Lipinski definition) is 4. The summed E-state index contributed by atoms with van der Waals surface area (Å²) in [6.07, 6.45) is 0. The first-order valence-corrected chi connectivity index (χ1v) is 6.37. The maximum Gasteiger partial charge on any atom is 0.335 e. The zero-order chi connectivity index (χ0) is 14.4. The van der Waals surface area contributed by atoms with Crippen LogP contribution in [0.4, 0.5) is 0 Å². The molecule has 1 aromatic carbocycles. The minimum absolute atomic E-state index is 0.224. The molecule has 0 aliphatic heterocycles. The van der Waals surface area contributed by atoms with Crippen LogP contribution in [0.2, 0.25) is 0 Å². The second kappa shape index (κ2) is 6.77. The molecule has 0 aliphatic rings. The molecule has 0 saturated heterocycles. The molecule has 1 aromatic heterocycles. The minimum atomic E-state index is -0.957. The second-order valence-electron chi connectivity index (χ2n) is 4.37. The maximum absolute atomic E-state index is 10.8. The van der Waals surface area contributed by atoms with E-state index in [1.807, 2.05) is 19.1 Å². The summed E-state index contributed by atoms with van der Waals surface area (Å²) in [7, 11) is 0. The van der Waals surface area contributed by atoms with Crippen LogP contribution in [0.5, 0.6) is 5.75 Å². The van der Waals surface area contributed by atoms with Gasteiger partial charge in [0.1, 0.15) is 23.9 Å². The van der Waals surface area contributed by atoms with Gasteiger partial charge in [0.2, 0.25) is 0 Å². The fraction of sp³-hybridized carbons (Fsp3) is 0.267. The summed E-state index contributed by atoms with van der Waals surface area (Å²) in [5.74, 6) is 1.38. The van der Waals surface area contributed by atoms with Crippen molar-refractivity contribution in [1.82, 2.24) is 5.32 Å². The largest absolute Gasteiger partial charge is 0.492 e. The number of carboxylic acid groups (broad SMARTS) is 1. The standard InChI is InChI=1S/C15H17NO4/c1-11-5-6-14(20-11)10-16-7-8-19-13-4-2-3-12(9-13)15(17)18/h2-6,9,16H,7-8,10H2,1H3,(H,17,18). The molecule has 2 rings (SSSR count). The van der Waals surface area contributed by atoms with Gasteiger partial charge >= 0.3 is 5.97 Å². The summed E-state index contributed by atoms with van der Waals surface area (Å²) in [5.41, 5.74) is 0.224. The quantitative estimate of drug-likeness (QED) is 0.759. The number of aryl methyl sites for hydroxylation is 1. The van der Waals surface area contributed by atoms with Gasteiger partial charge in [0.05, 0.1) is 12.1 Å². The van der Waals surface area contributed by atoms with E-state index in [0.29, 0.717) is 25.4 Å². The van der Waals surface area contributed by atoms with Crippen molar-refractivity contribution < 1.29 is 19.1 Å². The van der Waals surface area contributed by atoms with Crippen molar-refractivity contribution in [1.29, 1.82) is 0 Å². The van der Waals surface area contributed by atoms with Gasteiger partial charge in [-0.05, 0) is 37.3 Å². The van der Waals surface area contributed by atoms with Gasteiger partial charge in [-0.1, -0.05) is 6.07 Å². The topological polar surface area (TPSA) is 71.7 Å². The van der Waals surface area contributed by atoms with E-state index < -0.39 is 5.97 Å². The molecular formula is C15H17NO4. The van der Waals surface area contributed by atoms with E-state index in [4.69, 9.17) is 14.3 Å². The van der Waals surface area contributed by atoms with E-state index in [0.717, 1.165) is 11.5 Å². The van der Waals surface area contributed by atoms with Crippen LogP contribution in [-0.4, -0.2) is 24.2 Å². The van der Waals surface area contributed by atoms with E-state index in [1.165, 1.54) is 12.1 Å². The average Bonchev–Trinajstić information content (AvgIpc) is 2.84. The van der Waals surface area contributed by atoms with Crippen molar-refractivity contribution in [2.24, 2.45) is 0 Å². The lowest BCUT2D eigenvalue weighted by atomic mass is 10.2. The Kier molecular flexibility index (Phi) is 4.79. The van der Waals surface area contributed by atoms with Crippen LogP contribution < -0.4 is 10.1 Å². The number of hydrogen-bond donors (Lipinski definition) is 2. The van der Waals surface area contributed by atoms with E-state index >= 15 is 0 Å². The Morgan fingerprint density at radius 2 is 2.20 bits per heavy atom. The van der Waals surface area contributed by atoms with E-state index in [-0.39, 0.29) is 5.56 Å². The van der Waals surface area contributed by atoms with Gasteiger partial charge in [-0.3, -0.25) is 0 Å². The number of furan rings is 1. The Morgan fingerprint density at radius 1 is 1.35 bits per heavy atom. The van der Waals surface area contributed by atoms with Gasteiger partial charge in [0.15, 0.2) is 0 Å². The number of rotatable bonds is 7. The summed E-state index contributed by atoms with van der Waals surface area (Å²) in [4.78, 5) is 10.8. The predicted molar refractivity (Wildman–Crippen MR) is 74.0 cm³/mol. The molecule has 20 heavy (non-hydrogen) atoms. The lowest BCUT2D eigenvalue weighted by molar-refractivity contribution is 0.0696. The third-order valence-corrected chi connectivity index (χ3v) is 2.72. The lowest BCUT2D eigenvalue weighted by Crippen LogP contribution is -2.20. The molecule has 5 nitrogen and oxygen atoms in total. The number of benzene rings is 1. The average molecular weight is 275 g/mol. The van der Waals surface area contributed by atoms with Gasteiger partial charge in [-0.25, -0.2) is 4.79 Å². The van der Waals surface area contributed by atoms with Crippen molar-refractivity contribution in [3.8, 4) is 5.75 Å². The van der Waals surface area contributed by atoms with Gasteiger partial charge in [0.25, 0.3) is 0 Å². The Balaban J connectivity index is 1.70. The van der Waals surface area contributed by atoms with Gasteiger partial charge in [-0.15, -0.1) is 0 Å². The van der Waals surface area contributed by atoms with Crippen LogP contribution in [0.15, 0.2) is 40.8 Å². The van der Waals surface area contributed by atoms with Crippen molar-refractivity contribution in [2.45, 2.75) is 13.5 Å². The van der Waals surface area contributed by atoms with Crippen molar-refractivity contribution in [3.63, 3.8) is 0 Å². The molecule has 106 valence electrons. The molecule has 0 aliphatic carbocycles. The van der Waals surface area contributed by atoms with Crippen LogP contribution in [-0.2, 0) is 6.54 Å². The van der Waals surface area contributed by atoms with Crippen LogP contribution in [0.1, 0.15) is 21.9 Å². The first-order valence-electron chi connectivity index (χ1n) is 6.37. The number of nitrogens with one attached hydrogen (secondary N) is 1. The normalized spacial score (nSPS) is 10.4. The highest BCUT2D eigenvalue weighted by atomic mass is 16.5. The summed E-state index contributed by atoms with van der Waals surface area (Å²) in [5, 5.41) is 12.1. The molecule has 2 aromatic rings. The monoisotopic (exact) mass is 275 g/mol. The Bertz CT molecular complexity index is 577. The molecule has 0 atom stereocenters. The van der Waals surface area contributed by atoms with Gasteiger partial charge < -0.3 is 19.6 Å². The van der Waals surface area contributed by atoms with E-state index in [2.05, 4.69) is 5.32 Å². The van der Waals surface area contributed by atoms with E-state index in [9.17, 15) is 4.79 Å². The third kappa shape index (κ3) is 4.13. The number of carboxylic acids is 1. The molecule has 0 amide bonds. The summed E-state index contributed by atoms with van der Waals surface area (Å²) in [6.45, 7) is 3.66. The lowest BCUT2D eigenvalue weighted by Gasteiger charge is -2.07. The molecule has 2 N–H and O–H groups in total. The molecule has 5 heteroatoms. The van der Waals surface area contributed by atoms with E-state index in [1.54, 1.807) is 12.1 Å². The van der Waals surface area contributed by atoms with Crippen LogP contribution in [0.25, 0.3) is 0 Å². The zero-order valence-electron chi connectivity index (χ0n) is 11.3. The van der Waals surface area contributed by atoms with Crippen molar-refractivity contribution >= 4 is 5.97 Å². The molecule has 0 saturated carbocycles. The highest BCUT2D eigenvalue weighted by Gasteiger charge is 2.03. The summed E-state index contributed by atoms with van der Waals surface area (Å²) >= 11 is 0. The highest BCUT2D eigenvalue weighted by Crippen LogP contribution is 2.13. The molecule has 0 spiro atoms. The smallest absolute Gasteiger partial charge is 0.335 e. The SMILES string of the molecule is Cc1ccc(CNCCOc2cccc(C(=O)O)c2)o1. The Hall–Kier alpha value is -2.27. The summed E-state index contributed by atoms with van der Waals surface area (Å²) < 4.78 is 10.9. The highest BCUT2D eigenvalue weighted by molar-refractivity contribution is 5.87. The fourth-order valence-electron chi connectivity index (χ4n) is 1.75. The van der Waals surface area contributed by atoms with Crippen molar-refractivity contribution in [3.05, 3.63) is 53.5 Å². The molecule has 1 heterocycles. The molecule has 0 bridgehead atoms. The predicted octanol–water partition coefficient (Wildman–Crippen LogP) is 2.45. The second-order valence-corrected chi connectivity index (χ2v) is 4.37. The van der Waals surface area contributed by atoms with Crippen molar-refractivity contribution in [2.75, 3.05) is 13.2 Å².